The predicted octanol–water partition coefficient (Wildman–Crippen LogP) is 3.03. The van der Waals surface area contributed by atoms with Gasteiger partial charge in [-0.15, -0.1) is 0 Å². The van der Waals surface area contributed by atoms with E-state index in [4.69, 9.17) is 4.74 Å². The van der Waals surface area contributed by atoms with Crippen LogP contribution in [0.25, 0.3) is 0 Å². The molecule has 3 rings (SSSR count). The van der Waals surface area contributed by atoms with Crippen molar-refractivity contribution < 1.29 is 9.84 Å². The zero-order valence-corrected chi connectivity index (χ0v) is 10.3. The van der Waals surface area contributed by atoms with Crippen molar-refractivity contribution in [1.29, 1.82) is 0 Å². The number of aryl methyl sites for hydroxylation is 1. The van der Waals surface area contributed by atoms with E-state index < -0.39 is 6.10 Å². The number of ether oxygens (including phenoxy) is 1. The van der Waals surface area contributed by atoms with E-state index in [1.165, 1.54) is 5.56 Å². The number of benzene rings is 2. The third-order valence-corrected chi connectivity index (χ3v) is 3.51. The zero-order valence-electron chi connectivity index (χ0n) is 10.3. The summed E-state index contributed by atoms with van der Waals surface area (Å²) in [6.45, 7) is 2.05. The molecule has 0 spiro atoms. The number of fused-ring (bicyclic) bond motifs is 1. The lowest BCUT2D eigenvalue weighted by atomic mass is 9.92. The summed E-state index contributed by atoms with van der Waals surface area (Å²) in [5.74, 6) is 0.897. The van der Waals surface area contributed by atoms with Crippen LogP contribution in [0.5, 0.6) is 5.75 Å². The quantitative estimate of drug-likeness (QED) is 0.830. The summed E-state index contributed by atoms with van der Waals surface area (Å²) < 4.78 is 5.96. The summed E-state index contributed by atoms with van der Waals surface area (Å²) in [6, 6.07) is 15.9. The molecule has 0 aliphatic carbocycles. The Hall–Kier alpha value is -1.80. The van der Waals surface area contributed by atoms with Gasteiger partial charge in [-0.2, -0.15) is 0 Å². The lowest BCUT2D eigenvalue weighted by Crippen LogP contribution is -2.30. The average Bonchev–Trinajstić information content (AvgIpc) is 2.40. The second kappa shape index (κ2) is 4.46. The van der Waals surface area contributed by atoms with Crippen molar-refractivity contribution in [3.8, 4) is 5.75 Å². The lowest BCUT2D eigenvalue weighted by Gasteiger charge is -2.31. The molecule has 0 radical (unpaired) electrons. The first-order valence-electron chi connectivity index (χ1n) is 6.24. The first-order valence-corrected chi connectivity index (χ1v) is 6.24. The molecule has 1 heterocycles. The highest BCUT2D eigenvalue weighted by Gasteiger charge is 2.30. The predicted molar refractivity (Wildman–Crippen MR) is 70.7 cm³/mol. The number of aliphatic hydroxyl groups excluding tert-OH is 1. The summed E-state index contributed by atoms with van der Waals surface area (Å²) in [5.41, 5.74) is 3.33. The molecule has 0 saturated heterocycles. The summed E-state index contributed by atoms with van der Waals surface area (Å²) >= 11 is 0. The van der Waals surface area contributed by atoms with Crippen molar-refractivity contribution in [2.24, 2.45) is 0 Å². The molecule has 2 nitrogen and oxygen atoms in total. The second-order valence-electron chi connectivity index (χ2n) is 4.77. The largest absolute Gasteiger partial charge is 0.483 e. The molecule has 1 aliphatic heterocycles. The molecule has 0 fully saturated rings. The fourth-order valence-corrected chi connectivity index (χ4v) is 2.51. The van der Waals surface area contributed by atoms with Crippen molar-refractivity contribution in [3.05, 3.63) is 65.2 Å². The van der Waals surface area contributed by atoms with Crippen LogP contribution in [0.4, 0.5) is 0 Å². The molecular formula is C16H16O2. The Labute approximate surface area is 107 Å². The van der Waals surface area contributed by atoms with E-state index in [-0.39, 0.29) is 6.10 Å². The lowest BCUT2D eigenvalue weighted by molar-refractivity contribution is 0.0206. The fourth-order valence-electron chi connectivity index (χ4n) is 2.51. The maximum absolute atomic E-state index is 10.3. The van der Waals surface area contributed by atoms with E-state index in [0.717, 1.165) is 16.9 Å². The third kappa shape index (κ3) is 1.89. The van der Waals surface area contributed by atoms with Crippen LogP contribution in [0.1, 0.15) is 22.8 Å². The summed E-state index contributed by atoms with van der Waals surface area (Å²) in [5, 5.41) is 10.3. The normalized spacial score (nSPS) is 22.1. The van der Waals surface area contributed by atoms with Crippen molar-refractivity contribution in [1.82, 2.24) is 0 Å². The van der Waals surface area contributed by atoms with Gasteiger partial charge in [0.15, 0.2) is 0 Å². The van der Waals surface area contributed by atoms with Gasteiger partial charge in [0.1, 0.15) is 11.9 Å². The number of aliphatic hydroxyl groups is 1. The molecule has 0 amide bonds. The van der Waals surface area contributed by atoms with Crippen molar-refractivity contribution in [3.63, 3.8) is 0 Å². The molecule has 2 atom stereocenters. The minimum atomic E-state index is -0.485. The minimum absolute atomic E-state index is 0.263. The minimum Gasteiger partial charge on any atom is -0.483 e. The molecule has 0 saturated carbocycles. The van der Waals surface area contributed by atoms with Crippen molar-refractivity contribution in [2.45, 2.75) is 25.6 Å². The van der Waals surface area contributed by atoms with Crippen molar-refractivity contribution in [2.75, 3.05) is 0 Å². The Kier molecular flexibility index (Phi) is 2.80. The highest BCUT2D eigenvalue weighted by atomic mass is 16.5. The summed E-state index contributed by atoms with van der Waals surface area (Å²) in [6.07, 6.45) is -0.0943. The van der Waals surface area contributed by atoms with Gasteiger partial charge >= 0.3 is 0 Å². The highest BCUT2D eigenvalue weighted by molar-refractivity contribution is 5.42. The molecular weight excluding hydrogens is 224 g/mol. The van der Waals surface area contributed by atoms with Crippen LogP contribution in [0, 0.1) is 6.92 Å². The van der Waals surface area contributed by atoms with E-state index >= 15 is 0 Å². The van der Waals surface area contributed by atoms with E-state index in [0.29, 0.717) is 6.42 Å². The van der Waals surface area contributed by atoms with E-state index in [1.807, 2.05) is 42.5 Å². The maximum Gasteiger partial charge on any atom is 0.150 e. The molecule has 2 aromatic carbocycles. The van der Waals surface area contributed by atoms with E-state index in [9.17, 15) is 5.11 Å². The number of rotatable bonds is 1. The van der Waals surface area contributed by atoms with Gasteiger partial charge in [-0.25, -0.2) is 0 Å². The number of hydrogen-bond acceptors (Lipinski definition) is 2. The molecule has 0 bridgehead atoms. The number of hydrogen-bond donors (Lipinski definition) is 1. The average molecular weight is 240 g/mol. The molecule has 0 unspecified atom stereocenters. The van der Waals surface area contributed by atoms with Gasteiger partial charge in [0.2, 0.25) is 0 Å². The van der Waals surface area contributed by atoms with E-state index in [1.54, 1.807) is 0 Å². The van der Waals surface area contributed by atoms with Crippen LogP contribution in [-0.2, 0) is 6.42 Å². The summed E-state index contributed by atoms with van der Waals surface area (Å²) in [7, 11) is 0. The third-order valence-electron chi connectivity index (χ3n) is 3.51. The molecule has 1 aliphatic rings. The SMILES string of the molecule is Cc1cccc2c1C[C@H](O)[C@@H](c1ccccc1)O2. The molecule has 2 heteroatoms. The van der Waals surface area contributed by atoms with Gasteiger partial charge in [0.05, 0.1) is 6.10 Å². The fraction of sp³-hybridized carbons (Fsp3) is 0.250. The smallest absolute Gasteiger partial charge is 0.150 e. The first-order chi connectivity index (χ1) is 8.75. The van der Waals surface area contributed by atoms with Gasteiger partial charge < -0.3 is 9.84 Å². The van der Waals surface area contributed by atoms with Crippen LogP contribution < -0.4 is 4.74 Å². The van der Waals surface area contributed by atoms with Crippen LogP contribution in [-0.4, -0.2) is 11.2 Å². The van der Waals surface area contributed by atoms with Crippen LogP contribution in [0.2, 0.25) is 0 Å². The highest BCUT2D eigenvalue weighted by Crippen LogP contribution is 2.36. The Bertz CT molecular complexity index is 548. The van der Waals surface area contributed by atoms with Gasteiger partial charge in [-0.3, -0.25) is 0 Å². The van der Waals surface area contributed by atoms with E-state index in [2.05, 4.69) is 13.0 Å². The molecule has 18 heavy (non-hydrogen) atoms. The Morgan fingerprint density at radius 3 is 2.61 bits per heavy atom. The summed E-state index contributed by atoms with van der Waals surface area (Å²) in [4.78, 5) is 0. The van der Waals surface area contributed by atoms with Crippen molar-refractivity contribution >= 4 is 0 Å². The van der Waals surface area contributed by atoms with Crippen LogP contribution >= 0.6 is 0 Å². The van der Waals surface area contributed by atoms with Gasteiger partial charge in [-0.1, -0.05) is 42.5 Å². The molecule has 92 valence electrons. The Morgan fingerprint density at radius 2 is 1.83 bits per heavy atom. The zero-order chi connectivity index (χ0) is 12.5. The topological polar surface area (TPSA) is 29.5 Å². The first kappa shape index (κ1) is 11.3. The standard InChI is InChI=1S/C16H16O2/c1-11-6-5-9-15-13(11)10-14(17)16(18-15)12-7-3-2-4-8-12/h2-9,14,16-17H,10H2,1H3/t14-,16+/m0/s1. The molecule has 0 aromatic heterocycles. The van der Waals surface area contributed by atoms with Crippen LogP contribution in [0.15, 0.2) is 48.5 Å². The molecule has 2 aromatic rings. The van der Waals surface area contributed by atoms with Crippen LogP contribution in [0.3, 0.4) is 0 Å². The Balaban J connectivity index is 1.98. The Morgan fingerprint density at radius 1 is 1.06 bits per heavy atom. The van der Waals surface area contributed by atoms with Gasteiger partial charge in [0, 0.05) is 6.42 Å². The molecule has 1 N–H and O–H groups in total. The van der Waals surface area contributed by atoms with Gasteiger partial charge in [0.25, 0.3) is 0 Å². The monoisotopic (exact) mass is 240 g/mol. The van der Waals surface area contributed by atoms with Gasteiger partial charge in [-0.05, 0) is 29.7 Å². The second-order valence-corrected chi connectivity index (χ2v) is 4.77. The maximum atomic E-state index is 10.3.